The van der Waals surface area contributed by atoms with Crippen molar-refractivity contribution in [3.63, 3.8) is 0 Å². The summed E-state index contributed by atoms with van der Waals surface area (Å²) in [4.78, 5) is 0. The number of hydrogen-bond donors (Lipinski definition) is 1. The molecule has 0 radical (unpaired) electrons. The standard InChI is InChI=1S/C16H18BrNO2/c1-2-18-15(16-13(17)8-10-20-16)12-7-9-19-14-6-4-3-5-11(12)14/h3-6,8,10,12,15,18H,2,7,9H2,1H3. The molecule has 0 amide bonds. The van der Waals surface area contributed by atoms with Gasteiger partial charge in [0.2, 0.25) is 0 Å². The van der Waals surface area contributed by atoms with Crippen molar-refractivity contribution in [1.82, 2.24) is 5.32 Å². The molecule has 0 saturated heterocycles. The first-order valence-electron chi connectivity index (χ1n) is 6.99. The first-order valence-corrected chi connectivity index (χ1v) is 7.78. The Morgan fingerprint density at radius 3 is 2.95 bits per heavy atom. The van der Waals surface area contributed by atoms with Gasteiger partial charge in [0, 0.05) is 5.92 Å². The summed E-state index contributed by atoms with van der Waals surface area (Å²) < 4.78 is 12.5. The van der Waals surface area contributed by atoms with Crippen LogP contribution < -0.4 is 10.1 Å². The number of para-hydroxylation sites is 1. The van der Waals surface area contributed by atoms with E-state index in [2.05, 4.69) is 40.3 Å². The maximum absolute atomic E-state index is 5.76. The maximum Gasteiger partial charge on any atom is 0.135 e. The number of halogens is 1. The van der Waals surface area contributed by atoms with Gasteiger partial charge >= 0.3 is 0 Å². The van der Waals surface area contributed by atoms with Gasteiger partial charge in [0.15, 0.2) is 0 Å². The first kappa shape index (κ1) is 13.7. The van der Waals surface area contributed by atoms with Crippen LogP contribution >= 0.6 is 15.9 Å². The third kappa shape index (κ3) is 2.50. The van der Waals surface area contributed by atoms with E-state index in [9.17, 15) is 0 Å². The van der Waals surface area contributed by atoms with Crippen LogP contribution in [0.4, 0.5) is 0 Å². The van der Waals surface area contributed by atoms with Gasteiger partial charge in [-0.15, -0.1) is 0 Å². The lowest BCUT2D eigenvalue weighted by molar-refractivity contribution is 0.236. The molecule has 3 nitrogen and oxygen atoms in total. The minimum atomic E-state index is 0.162. The summed E-state index contributed by atoms with van der Waals surface area (Å²) in [5.74, 6) is 2.32. The zero-order valence-corrected chi connectivity index (χ0v) is 13.0. The highest BCUT2D eigenvalue weighted by molar-refractivity contribution is 9.10. The Kier molecular flexibility index (Phi) is 4.13. The molecule has 2 aromatic rings. The van der Waals surface area contributed by atoms with Crippen molar-refractivity contribution >= 4 is 15.9 Å². The second-order valence-corrected chi connectivity index (χ2v) is 5.80. The molecule has 0 bridgehead atoms. The van der Waals surface area contributed by atoms with Gasteiger partial charge in [0.25, 0.3) is 0 Å². The van der Waals surface area contributed by atoms with E-state index < -0.39 is 0 Å². The lowest BCUT2D eigenvalue weighted by Gasteiger charge is -2.32. The summed E-state index contributed by atoms with van der Waals surface area (Å²) in [6, 6.07) is 10.4. The highest BCUT2D eigenvalue weighted by Gasteiger charge is 2.32. The van der Waals surface area contributed by atoms with Gasteiger partial charge < -0.3 is 14.5 Å². The Labute approximate surface area is 127 Å². The van der Waals surface area contributed by atoms with Crippen molar-refractivity contribution in [2.75, 3.05) is 13.2 Å². The molecule has 0 spiro atoms. The molecule has 1 aromatic carbocycles. The summed E-state index contributed by atoms with van der Waals surface area (Å²) in [7, 11) is 0. The second kappa shape index (κ2) is 6.02. The molecule has 4 heteroatoms. The van der Waals surface area contributed by atoms with Crippen molar-refractivity contribution in [1.29, 1.82) is 0 Å². The molecule has 0 saturated carbocycles. The number of furan rings is 1. The van der Waals surface area contributed by atoms with E-state index in [1.54, 1.807) is 6.26 Å². The van der Waals surface area contributed by atoms with E-state index >= 15 is 0 Å². The Balaban J connectivity index is 1.99. The number of nitrogens with one attached hydrogen (secondary N) is 1. The highest BCUT2D eigenvalue weighted by Crippen LogP contribution is 2.43. The van der Waals surface area contributed by atoms with E-state index in [1.165, 1.54) is 5.56 Å². The van der Waals surface area contributed by atoms with Gasteiger partial charge in [-0.2, -0.15) is 0 Å². The van der Waals surface area contributed by atoms with Gasteiger partial charge in [-0.05, 0) is 46.6 Å². The third-order valence-electron chi connectivity index (χ3n) is 3.76. The molecule has 20 heavy (non-hydrogen) atoms. The van der Waals surface area contributed by atoms with Gasteiger partial charge in [0.1, 0.15) is 11.5 Å². The molecule has 1 aliphatic heterocycles. The zero-order chi connectivity index (χ0) is 13.9. The zero-order valence-electron chi connectivity index (χ0n) is 11.4. The van der Waals surface area contributed by atoms with Crippen LogP contribution in [0.15, 0.2) is 45.5 Å². The van der Waals surface area contributed by atoms with E-state index in [0.717, 1.165) is 35.6 Å². The van der Waals surface area contributed by atoms with Crippen molar-refractivity contribution < 1.29 is 9.15 Å². The Morgan fingerprint density at radius 1 is 1.35 bits per heavy atom. The summed E-state index contributed by atoms with van der Waals surface area (Å²) in [6.07, 6.45) is 2.72. The fourth-order valence-corrected chi connectivity index (χ4v) is 3.33. The molecular weight excluding hydrogens is 318 g/mol. The predicted molar refractivity (Wildman–Crippen MR) is 82.1 cm³/mol. The molecule has 1 N–H and O–H groups in total. The smallest absolute Gasteiger partial charge is 0.135 e. The van der Waals surface area contributed by atoms with E-state index in [4.69, 9.17) is 9.15 Å². The van der Waals surface area contributed by atoms with Crippen molar-refractivity contribution in [3.05, 3.63) is 52.4 Å². The predicted octanol–water partition coefficient (Wildman–Crippen LogP) is 4.26. The molecule has 2 atom stereocenters. The van der Waals surface area contributed by atoms with Gasteiger partial charge in [-0.3, -0.25) is 0 Å². The molecule has 2 heterocycles. The Hall–Kier alpha value is -1.26. The molecule has 106 valence electrons. The number of ether oxygens (including phenoxy) is 1. The monoisotopic (exact) mass is 335 g/mol. The first-order chi connectivity index (χ1) is 9.81. The van der Waals surface area contributed by atoms with Crippen LogP contribution in [0.1, 0.15) is 36.6 Å². The van der Waals surface area contributed by atoms with Crippen molar-refractivity contribution in [3.8, 4) is 5.75 Å². The summed E-state index contributed by atoms with van der Waals surface area (Å²) in [5, 5.41) is 3.56. The Bertz CT molecular complexity index is 581. The van der Waals surface area contributed by atoms with Crippen LogP contribution in [-0.4, -0.2) is 13.2 Å². The summed E-state index contributed by atoms with van der Waals surface area (Å²) in [5.41, 5.74) is 1.26. The van der Waals surface area contributed by atoms with Crippen LogP contribution in [0.2, 0.25) is 0 Å². The highest BCUT2D eigenvalue weighted by atomic mass is 79.9. The summed E-state index contributed by atoms with van der Waals surface area (Å²) >= 11 is 3.58. The van der Waals surface area contributed by atoms with Crippen LogP contribution in [0, 0.1) is 0 Å². The molecule has 0 aliphatic carbocycles. The number of benzene rings is 1. The summed E-state index contributed by atoms with van der Waals surface area (Å²) in [6.45, 7) is 3.77. The molecule has 2 unspecified atom stereocenters. The average molecular weight is 336 g/mol. The minimum Gasteiger partial charge on any atom is -0.493 e. The largest absolute Gasteiger partial charge is 0.493 e. The number of rotatable bonds is 4. The van der Waals surface area contributed by atoms with Gasteiger partial charge in [0.05, 0.1) is 23.4 Å². The third-order valence-corrected chi connectivity index (χ3v) is 4.41. The quantitative estimate of drug-likeness (QED) is 0.906. The fraction of sp³-hybridized carbons (Fsp3) is 0.375. The van der Waals surface area contributed by atoms with Crippen LogP contribution in [-0.2, 0) is 0 Å². The SMILES string of the molecule is CCNC(c1occc1Br)C1CCOc2ccccc21. The molecule has 1 aliphatic rings. The van der Waals surface area contributed by atoms with E-state index in [-0.39, 0.29) is 6.04 Å². The van der Waals surface area contributed by atoms with Crippen LogP contribution in [0.5, 0.6) is 5.75 Å². The number of hydrogen-bond acceptors (Lipinski definition) is 3. The van der Waals surface area contributed by atoms with Crippen molar-refractivity contribution in [2.45, 2.75) is 25.3 Å². The van der Waals surface area contributed by atoms with E-state index in [1.807, 2.05) is 18.2 Å². The van der Waals surface area contributed by atoms with Gasteiger partial charge in [-0.25, -0.2) is 0 Å². The number of likely N-dealkylation sites (N-methyl/N-ethyl adjacent to an activating group) is 1. The Morgan fingerprint density at radius 2 is 2.20 bits per heavy atom. The van der Waals surface area contributed by atoms with Crippen molar-refractivity contribution in [2.24, 2.45) is 0 Å². The lowest BCUT2D eigenvalue weighted by atomic mass is 9.85. The maximum atomic E-state index is 5.76. The van der Waals surface area contributed by atoms with Crippen LogP contribution in [0.25, 0.3) is 0 Å². The average Bonchev–Trinajstić information content (AvgIpc) is 2.90. The fourth-order valence-electron chi connectivity index (χ4n) is 2.88. The molecular formula is C16H18BrNO2. The number of fused-ring (bicyclic) bond motifs is 1. The van der Waals surface area contributed by atoms with E-state index in [0.29, 0.717) is 5.92 Å². The normalized spacial score (nSPS) is 19.2. The second-order valence-electron chi connectivity index (χ2n) is 4.95. The molecule has 1 aromatic heterocycles. The topological polar surface area (TPSA) is 34.4 Å². The van der Waals surface area contributed by atoms with Gasteiger partial charge in [-0.1, -0.05) is 25.1 Å². The molecule has 3 rings (SSSR count). The molecule has 0 fully saturated rings. The lowest BCUT2D eigenvalue weighted by Crippen LogP contribution is -2.30. The van der Waals surface area contributed by atoms with Crippen LogP contribution in [0.3, 0.4) is 0 Å². The minimum absolute atomic E-state index is 0.162.